The van der Waals surface area contributed by atoms with Gasteiger partial charge in [-0.15, -0.1) is 0 Å². The van der Waals surface area contributed by atoms with Gasteiger partial charge in [-0.25, -0.2) is 4.79 Å². The predicted octanol–water partition coefficient (Wildman–Crippen LogP) is 2.81. The Kier molecular flexibility index (Phi) is 6.61. The van der Waals surface area contributed by atoms with Crippen LogP contribution < -0.4 is 0 Å². The van der Waals surface area contributed by atoms with Crippen molar-refractivity contribution in [2.24, 2.45) is 0 Å². The van der Waals surface area contributed by atoms with Gasteiger partial charge in [-0.3, -0.25) is 14.9 Å². The number of carbonyl (C=O) groups is 2. The van der Waals surface area contributed by atoms with Crippen LogP contribution in [-0.2, 0) is 20.9 Å². The summed E-state index contributed by atoms with van der Waals surface area (Å²) in [7, 11) is 1.63. The van der Waals surface area contributed by atoms with Gasteiger partial charge in [0, 0.05) is 31.8 Å². The van der Waals surface area contributed by atoms with Crippen LogP contribution in [0.25, 0.3) is 6.08 Å². The lowest BCUT2D eigenvalue weighted by Gasteiger charge is -2.16. The minimum absolute atomic E-state index is 0.0711. The van der Waals surface area contributed by atoms with Crippen LogP contribution in [0.3, 0.4) is 0 Å². The number of rotatable bonds is 7. The molecule has 0 atom stereocenters. The molecular weight excluding hydrogens is 336 g/mol. The third-order valence-electron chi connectivity index (χ3n) is 3.52. The van der Waals surface area contributed by atoms with E-state index in [9.17, 15) is 19.7 Å². The van der Waals surface area contributed by atoms with Crippen molar-refractivity contribution in [2.75, 3.05) is 13.7 Å². The molecule has 0 aliphatic carbocycles. The van der Waals surface area contributed by atoms with Crippen molar-refractivity contribution in [2.45, 2.75) is 6.54 Å². The molecule has 0 heterocycles. The summed E-state index contributed by atoms with van der Waals surface area (Å²) in [4.78, 5) is 35.4. The molecular formula is C19H18N2O5. The fourth-order valence-electron chi connectivity index (χ4n) is 2.14. The number of likely N-dealkylation sites (N-methyl/N-ethyl adjacent to an activating group) is 1. The number of hydrogen-bond acceptors (Lipinski definition) is 5. The van der Waals surface area contributed by atoms with E-state index in [1.165, 1.54) is 29.2 Å². The smallest absolute Gasteiger partial charge is 0.331 e. The van der Waals surface area contributed by atoms with Gasteiger partial charge in [-0.2, -0.15) is 0 Å². The summed E-state index contributed by atoms with van der Waals surface area (Å²) >= 11 is 0. The summed E-state index contributed by atoms with van der Waals surface area (Å²) in [5.41, 5.74) is 1.39. The van der Waals surface area contributed by atoms with Crippen molar-refractivity contribution in [3.05, 3.63) is 81.9 Å². The van der Waals surface area contributed by atoms with Crippen LogP contribution in [-0.4, -0.2) is 35.4 Å². The Morgan fingerprint density at radius 1 is 1.15 bits per heavy atom. The fourth-order valence-corrected chi connectivity index (χ4v) is 2.14. The quantitative estimate of drug-likeness (QED) is 0.330. The van der Waals surface area contributed by atoms with E-state index in [2.05, 4.69) is 0 Å². The number of nitro benzene ring substituents is 1. The maximum Gasteiger partial charge on any atom is 0.331 e. The number of non-ortho nitro benzene ring substituents is 1. The van der Waals surface area contributed by atoms with Gasteiger partial charge in [0.1, 0.15) is 0 Å². The van der Waals surface area contributed by atoms with E-state index >= 15 is 0 Å². The third kappa shape index (κ3) is 5.86. The monoisotopic (exact) mass is 354 g/mol. The summed E-state index contributed by atoms with van der Waals surface area (Å²) in [6, 6.07) is 15.3. The third-order valence-corrected chi connectivity index (χ3v) is 3.52. The van der Waals surface area contributed by atoms with E-state index in [0.717, 1.165) is 11.6 Å². The molecule has 0 saturated carbocycles. The van der Waals surface area contributed by atoms with Crippen molar-refractivity contribution in [3.63, 3.8) is 0 Å². The number of benzene rings is 2. The van der Waals surface area contributed by atoms with Crippen LogP contribution in [0.2, 0.25) is 0 Å². The minimum atomic E-state index is -0.696. The van der Waals surface area contributed by atoms with Gasteiger partial charge in [0.05, 0.1) is 4.92 Å². The number of nitrogens with zero attached hydrogens (tertiary/aromatic N) is 2. The average Bonchev–Trinajstić information content (AvgIpc) is 2.65. The van der Waals surface area contributed by atoms with Crippen LogP contribution in [0.5, 0.6) is 0 Å². The lowest BCUT2D eigenvalue weighted by molar-refractivity contribution is -0.384. The van der Waals surface area contributed by atoms with Crippen molar-refractivity contribution < 1.29 is 19.2 Å². The first-order valence-electron chi connectivity index (χ1n) is 7.83. The van der Waals surface area contributed by atoms with E-state index in [-0.39, 0.29) is 18.2 Å². The number of carbonyl (C=O) groups excluding carboxylic acids is 2. The van der Waals surface area contributed by atoms with Gasteiger partial charge in [-0.05, 0) is 17.2 Å². The van der Waals surface area contributed by atoms with E-state index in [1.54, 1.807) is 13.1 Å². The number of ether oxygens (including phenoxy) is 1. The summed E-state index contributed by atoms with van der Waals surface area (Å²) in [5.74, 6) is -1.02. The first kappa shape index (κ1) is 18.9. The maximum absolute atomic E-state index is 12.0. The van der Waals surface area contributed by atoms with Gasteiger partial charge >= 0.3 is 5.97 Å². The van der Waals surface area contributed by atoms with E-state index in [0.29, 0.717) is 12.1 Å². The van der Waals surface area contributed by atoms with Crippen molar-refractivity contribution in [1.82, 2.24) is 4.90 Å². The molecule has 2 rings (SSSR count). The Balaban J connectivity index is 1.83. The number of hydrogen-bond donors (Lipinski definition) is 0. The molecule has 0 radical (unpaired) electrons. The molecule has 2 aromatic rings. The molecule has 1 amide bonds. The molecule has 0 N–H and O–H groups in total. The lowest BCUT2D eigenvalue weighted by atomic mass is 10.2. The molecule has 0 saturated heterocycles. The van der Waals surface area contributed by atoms with Gasteiger partial charge in [-0.1, -0.05) is 42.5 Å². The molecule has 7 nitrogen and oxygen atoms in total. The molecule has 134 valence electrons. The Labute approximate surface area is 150 Å². The Morgan fingerprint density at radius 2 is 1.88 bits per heavy atom. The topological polar surface area (TPSA) is 89.8 Å². The van der Waals surface area contributed by atoms with E-state index in [1.807, 2.05) is 30.3 Å². The highest BCUT2D eigenvalue weighted by molar-refractivity contribution is 5.89. The highest BCUT2D eigenvalue weighted by Gasteiger charge is 2.11. The maximum atomic E-state index is 12.0. The molecule has 0 spiro atoms. The van der Waals surface area contributed by atoms with Gasteiger partial charge < -0.3 is 9.64 Å². The first-order chi connectivity index (χ1) is 12.5. The highest BCUT2D eigenvalue weighted by atomic mass is 16.6. The fraction of sp³-hybridized carbons (Fsp3) is 0.158. The zero-order valence-electron chi connectivity index (χ0n) is 14.2. The Hall–Kier alpha value is -3.48. The molecule has 26 heavy (non-hydrogen) atoms. The van der Waals surface area contributed by atoms with Crippen LogP contribution in [0.4, 0.5) is 5.69 Å². The SMILES string of the molecule is CN(Cc1ccccc1)C(=O)COC(=O)/C=C/c1cccc([N+](=O)[O-])c1. The largest absolute Gasteiger partial charge is 0.452 e. The van der Waals surface area contributed by atoms with Gasteiger partial charge in [0.2, 0.25) is 0 Å². The van der Waals surface area contributed by atoms with Gasteiger partial charge in [0.25, 0.3) is 11.6 Å². The Bertz CT molecular complexity index is 818. The highest BCUT2D eigenvalue weighted by Crippen LogP contribution is 2.14. The van der Waals surface area contributed by atoms with Crippen LogP contribution in [0.1, 0.15) is 11.1 Å². The molecule has 7 heteroatoms. The van der Waals surface area contributed by atoms with E-state index < -0.39 is 10.9 Å². The predicted molar refractivity (Wildman–Crippen MR) is 96.0 cm³/mol. The van der Waals surface area contributed by atoms with Crippen molar-refractivity contribution in [1.29, 1.82) is 0 Å². The summed E-state index contributed by atoms with van der Waals surface area (Å²) in [5, 5.41) is 10.7. The van der Waals surface area contributed by atoms with Crippen molar-refractivity contribution in [3.8, 4) is 0 Å². The zero-order valence-corrected chi connectivity index (χ0v) is 14.2. The second-order valence-corrected chi connectivity index (χ2v) is 5.53. The molecule has 0 unspecified atom stereocenters. The molecule has 2 aromatic carbocycles. The van der Waals surface area contributed by atoms with Crippen LogP contribution in [0.15, 0.2) is 60.7 Å². The van der Waals surface area contributed by atoms with Crippen LogP contribution >= 0.6 is 0 Å². The standard InChI is InChI=1S/C19H18N2O5/c1-20(13-16-6-3-2-4-7-16)18(22)14-26-19(23)11-10-15-8-5-9-17(12-15)21(24)25/h2-12H,13-14H2,1H3/b11-10+. The number of amides is 1. The zero-order chi connectivity index (χ0) is 18.9. The molecule has 0 aliphatic rings. The lowest BCUT2D eigenvalue weighted by Crippen LogP contribution is -2.30. The first-order valence-corrected chi connectivity index (χ1v) is 7.83. The average molecular weight is 354 g/mol. The molecule has 0 aromatic heterocycles. The second-order valence-electron chi connectivity index (χ2n) is 5.53. The number of nitro groups is 1. The second kappa shape index (κ2) is 9.12. The van der Waals surface area contributed by atoms with E-state index in [4.69, 9.17) is 4.74 Å². The minimum Gasteiger partial charge on any atom is -0.452 e. The van der Waals surface area contributed by atoms with Crippen molar-refractivity contribution >= 4 is 23.6 Å². The van der Waals surface area contributed by atoms with Crippen LogP contribution in [0, 0.1) is 10.1 Å². The summed E-state index contributed by atoms with van der Waals surface area (Å²) < 4.78 is 4.91. The molecule has 0 aliphatic heterocycles. The molecule has 0 fully saturated rings. The summed E-state index contributed by atoms with van der Waals surface area (Å²) in [6.45, 7) is 0.0438. The Morgan fingerprint density at radius 3 is 2.58 bits per heavy atom. The number of esters is 1. The van der Waals surface area contributed by atoms with Gasteiger partial charge in [0.15, 0.2) is 6.61 Å². The summed E-state index contributed by atoms with van der Waals surface area (Å²) in [6.07, 6.45) is 2.52. The normalized spacial score (nSPS) is 10.5. The molecule has 0 bridgehead atoms.